The molecule has 3 aromatic rings. The molecule has 4 aliphatic carbocycles. The third-order valence-electron chi connectivity index (χ3n) is 14.7. The van der Waals surface area contributed by atoms with Crippen LogP contribution in [0, 0.1) is 40.9 Å². The van der Waals surface area contributed by atoms with Crippen LogP contribution in [0.15, 0.2) is 119 Å². The van der Waals surface area contributed by atoms with Gasteiger partial charge in [0.15, 0.2) is 0 Å². The van der Waals surface area contributed by atoms with Crippen molar-refractivity contribution in [3.63, 3.8) is 0 Å². The Hall–Kier alpha value is -4.72. The van der Waals surface area contributed by atoms with Crippen molar-refractivity contribution >= 4 is 17.5 Å². The third-order valence-corrected chi connectivity index (χ3v) is 14.7. The van der Waals surface area contributed by atoms with Gasteiger partial charge < -0.3 is 25.2 Å². The second-order valence-corrected chi connectivity index (χ2v) is 18.8. The van der Waals surface area contributed by atoms with E-state index < -0.39 is 5.41 Å². The van der Waals surface area contributed by atoms with E-state index in [2.05, 4.69) is 80.0 Å². The van der Waals surface area contributed by atoms with Gasteiger partial charge in [-0.25, -0.2) is 9.59 Å². The zero-order valence-corrected chi connectivity index (χ0v) is 35.7. The summed E-state index contributed by atoms with van der Waals surface area (Å²) in [6.07, 6.45) is 16.4. The summed E-state index contributed by atoms with van der Waals surface area (Å²) in [5, 5.41) is 18.5. The van der Waals surface area contributed by atoms with Gasteiger partial charge in [0.05, 0.1) is 17.2 Å². The average Bonchev–Trinajstić information content (AvgIpc) is 3.74. The second kappa shape index (κ2) is 17.3. The molecule has 2 saturated heterocycles. The molecule has 3 N–H and O–H groups in total. The highest BCUT2D eigenvalue weighted by Crippen LogP contribution is 2.72. The summed E-state index contributed by atoms with van der Waals surface area (Å²) < 4.78 is 12.9. The molecule has 0 amide bonds. The van der Waals surface area contributed by atoms with Crippen molar-refractivity contribution in [2.45, 2.75) is 104 Å². The van der Waals surface area contributed by atoms with Gasteiger partial charge in [0.2, 0.25) is 0 Å². The molecule has 1 saturated carbocycles. The number of phenolic OH excluding ortho intramolecular Hbond substituents is 1. The maximum Gasteiger partial charge on any atom is 0.340 e. The van der Waals surface area contributed by atoms with Gasteiger partial charge in [-0.05, 0) is 172 Å². The zero-order chi connectivity index (χ0) is 41.4. The Labute approximate surface area is 356 Å². The molecule has 10 rings (SSSR count). The summed E-state index contributed by atoms with van der Waals surface area (Å²) in [6.45, 7) is 8.83. The van der Waals surface area contributed by atoms with E-state index in [1.807, 2.05) is 36.4 Å². The number of esters is 2. The van der Waals surface area contributed by atoms with E-state index >= 15 is 0 Å². The van der Waals surface area contributed by atoms with E-state index in [1.54, 1.807) is 6.07 Å². The number of allylic oxidation sites excluding steroid dienone is 5. The molecule has 7 heteroatoms. The van der Waals surface area contributed by atoms with Crippen molar-refractivity contribution < 1.29 is 24.2 Å². The number of hydrogen-bond acceptors (Lipinski definition) is 7. The lowest BCUT2D eigenvalue weighted by atomic mass is 9.44. The highest BCUT2D eigenvalue weighted by Gasteiger charge is 2.68. The van der Waals surface area contributed by atoms with Gasteiger partial charge in [-0.3, -0.25) is 0 Å². The number of ether oxygens (including phenoxy) is 2. The number of carbonyl (C=O) groups excluding carboxylic acids is 2. The predicted octanol–water partition coefficient (Wildman–Crippen LogP) is 10.8. The van der Waals surface area contributed by atoms with Crippen LogP contribution in [-0.2, 0) is 25.5 Å². The molecule has 3 aliphatic heterocycles. The van der Waals surface area contributed by atoms with Crippen molar-refractivity contribution in [2.75, 3.05) is 13.1 Å². The van der Waals surface area contributed by atoms with Gasteiger partial charge in [0.1, 0.15) is 17.3 Å². The molecule has 7 aliphatic rings. The first-order valence-electron chi connectivity index (χ1n) is 23.0. The first kappa shape index (κ1) is 40.7. The number of aromatic hydroxyl groups is 1. The number of carbonyl (C=O) groups is 2. The molecule has 3 aromatic carbocycles. The van der Waals surface area contributed by atoms with Gasteiger partial charge in [-0.1, -0.05) is 87.5 Å². The van der Waals surface area contributed by atoms with Crippen LogP contribution in [0.2, 0.25) is 0 Å². The van der Waals surface area contributed by atoms with Gasteiger partial charge in [0, 0.05) is 17.1 Å². The van der Waals surface area contributed by atoms with E-state index in [-0.39, 0.29) is 41.4 Å². The van der Waals surface area contributed by atoms with Gasteiger partial charge in [-0.15, -0.1) is 0 Å². The van der Waals surface area contributed by atoms with Crippen LogP contribution in [0.3, 0.4) is 0 Å². The Balaban J connectivity index is 1.09. The Kier molecular flexibility index (Phi) is 11.8. The highest BCUT2D eigenvalue weighted by atomic mass is 16.5. The summed E-state index contributed by atoms with van der Waals surface area (Å²) in [4.78, 5) is 29.2. The van der Waals surface area contributed by atoms with Gasteiger partial charge in [-0.2, -0.15) is 0 Å². The predicted molar refractivity (Wildman–Crippen MR) is 237 cm³/mol. The summed E-state index contributed by atoms with van der Waals surface area (Å²) >= 11 is 0. The van der Waals surface area contributed by atoms with Crippen LogP contribution in [0.5, 0.6) is 5.75 Å². The standard InChI is InChI=1S/C53H62N2O5/c1-4-34(29-35-14-7-5-8-15-35)30-45-53-26-24-40(47(50(53)52(58)60-45)43-32-38(56)20-21-39(43)37-17-9-6-10-18-37)41-22-23-42-44(59-51(57)48(42)49(41)53)19-11-16-36-25-28-55-46(31-36)54-27-12-13-33(2)3/h5-10,14-15,17-21,30,32-34,36,40-41,46,49,54-56H,4,11-13,16,22-29,31H2,1-3H3. The molecule has 314 valence electrons. The van der Waals surface area contributed by atoms with Crippen LogP contribution in [0.4, 0.5) is 0 Å². The first-order chi connectivity index (χ1) is 29.2. The lowest BCUT2D eigenvalue weighted by molar-refractivity contribution is -0.135. The minimum absolute atomic E-state index is 0.0241. The minimum Gasteiger partial charge on any atom is -0.508 e. The lowest BCUT2D eigenvalue weighted by Gasteiger charge is -2.56. The number of piperidine rings is 1. The fourth-order valence-electron chi connectivity index (χ4n) is 11.9. The molecule has 60 heavy (non-hydrogen) atoms. The summed E-state index contributed by atoms with van der Waals surface area (Å²) in [5.74, 6) is 2.43. The molecule has 0 aromatic heterocycles. The Morgan fingerprint density at radius 1 is 0.933 bits per heavy atom. The van der Waals surface area contributed by atoms with Gasteiger partial charge in [0.25, 0.3) is 0 Å². The number of hydrogen-bond donors (Lipinski definition) is 3. The van der Waals surface area contributed by atoms with Crippen molar-refractivity contribution in [1.29, 1.82) is 0 Å². The van der Waals surface area contributed by atoms with Crippen molar-refractivity contribution in [2.24, 2.45) is 40.9 Å². The molecule has 7 nitrogen and oxygen atoms in total. The maximum absolute atomic E-state index is 14.7. The molecule has 1 spiro atoms. The molecule has 3 heterocycles. The van der Waals surface area contributed by atoms with Crippen LogP contribution in [0.25, 0.3) is 16.7 Å². The van der Waals surface area contributed by atoms with E-state index in [4.69, 9.17) is 9.47 Å². The highest BCUT2D eigenvalue weighted by molar-refractivity contribution is 6.07. The Bertz CT molecular complexity index is 2220. The van der Waals surface area contributed by atoms with Gasteiger partial charge >= 0.3 is 11.9 Å². The molecule has 0 radical (unpaired) electrons. The molecule has 7 atom stereocenters. The van der Waals surface area contributed by atoms with Crippen LogP contribution in [0.1, 0.15) is 103 Å². The SMILES string of the molecule is CCC(C=C1OC(=O)C2=C(c3cc(O)ccc3-c3ccccc3)C3CCC12C1C2=C(CCC31)C(=CCCC1CCNC(NCCCC(C)C)C1)OC2=O)Cc1ccccc1. The largest absolute Gasteiger partial charge is 0.508 e. The quantitative estimate of drug-likeness (QED) is 0.110. The van der Waals surface area contributed by atoms with Crippen molar-refractivity contribution in [1.82, 2.24) is 10.6 Å². The molecular weight excluding hydrogens is 745 g/mol. The molecule has 7 unspecified atom stereocenters. The van der Waals surface area contributed by atoms with E-state index in [1.165, 1.54) is 18.4 Å². The Morgan fingerprint density at radius 2 is 1.73 bits per heavy atom. The number of phenols is 1. The van der Waals surface area contributed by atoms with Crippen LogP contribution >= 0.6 is 0 Å². The molecular formula is C53H62N2O5. The summed E-state index contributed by atoms with van der Waals surface area (Å²) in [5.41, 5.74) is 6.82. The molecule has 2 bridgehead atoms. The van der Waals surface area contributed by atoms with Crippen LogP contribution in [-0.4, -0.2) is 36.3 Å². The minimum atomic E-state index is -0.808. The molecule has 3 fully saturated rings. The fourth-order valence-corrected chi connectivity index (χ4v) is 11.9. The number of benzene rings is 3. The van der Waals surface area contributed by atoms with Crippen molar-refractivity contribution in [3.8, 4) is 16.9 Å². The Morgan fingerprint density at radius 3 is 2.52 bits per heavy atom. The topological polar surface area (TPSA) is 96.9 Å². The normalized spacial score (nSPS) is 28.9. The monoisotopic (exact) mass is 806 g/mol. The maximum atomic E-state index is 14.7. The second-order valence-electron chi connectivity index (χ2n) is 18.8. The summed E-state index contributed by atoms with van der Waals surface area (Å²) in [6, 6.07) is 26.3. The number of fused-ring (bicyclic) bond motifs is 1. The number of cyclic esters (lactones) is 2. The van der Waals surface area contributed by atoms with E-state index in [9.17, 15) is 14.7 Å². The first-order valence-corrected chi connectivity index (χ1v) is 23.0. The fraction of sp³-hybridized carbons (Fsp3) is 0.472. The average molecular weight is 807 g/mol. The smallest absolute Gasteiger partial charge is 0.340 e. The van der Waals surface area contributed by atoms with Crippen LogP contribution < -0.4 is 10.6 Å². The van der Waals surface area contributed by atoms with Crippen molar-refractivity contribution in [3.05, 3.63) is 130 Å². The summed E-state index contributed by atoms with van der Waals surface area (Å²) in [7, 11) is 0. The number of rotatable bonds is 14. The number of nitrogens with one attached hydrogen (secondary N) is 2. The zero-order valence-electron chi connectivity index (χ0n) is 35.7. The third kappa shape index (κ3) is 7.62. The van der Waals surface area contributed by atoms with E-state index in [0.29, 0.717) is 23.4 Å². The van der Waals surface area contributed by atoms with E-state index in [0.717, 1.165) is 122 Å². The lowest BCUT2D eigenvalue weighted by Crippen LogP contribution is -2.52.